The third kappa shape index (κ3) is 4.87. The van der Waals surface area contributed by atoms with E-state index in [0.29, 0.717) is 6.54 Å². The minimum atomic E-state index is -1.15. The summed E-state index contributed by atoms with van der Waals surface area (Å²) in [5.41, 5.74) is 4.42. The van der Waals surface area contributed by atoms with Gasteiger partial charge in [-0.05, 0) is 47.9 Å². The summed E-state index contributed by atoms with van der Waals surface area (Å²) in [5.74, 6) is -1.60. The maximum Gasteiger partial charge on any atom is 0.407 e. The van der Waals surface area contributed by atoms with Crippen molar-refractivity contribution in [1.29, 1.82) is 0 Å². The number of rotatable bonds is 7. The summed E-state index contributed by atoms with van der Waals surface area (Å²) in [6.07, 6.45) is 2.37. The maximum atomic E-state index is 13.1. The van der Waals surface area contributed by atoms with Gasteiger partial charge in [-0.1, -0.05) is 55.5 Å². The number of benzene rings is 2. The topological polar surface area (TPSA) is 95.9 Å². The van der Waals surface area contributed by atoms with Crippen molar-refractivity contribution in [2.45, 2.75) is 57.0 Å². The van der Waals surface area contributed by atoms with Crippen LogP contribution in [0, 0.1) is 0 Å². The summed E-state index contributed by atoms with van der Waals surface area (Å²) in [5, 5.41) is 11.9. The SMILES string of the molecule is CCC1CCCCN1C(=O)C(CC(=O)O)NC(=O)OCC1c2ccccc2-c2ccccc21. The molecule has 0 spiro atoms. The number of hydrogen-bond acceptors (Lipinski definition) is 4. The number of carboxylic acids is 1. The van der Waals surface area contributed by atoms with Crippen molar-refractivity contribution in [1.82, 2.24) is 10.2 Å². The number of likely N-dealkylation sites (tertiary alicyclic amines) is 1. The molecule has 1 aliphatic heterocycles. The Morgan fingerprint density at radius 2 is 1.70 bits per heavy atom. The molecule has 7 nitrogen and oxygen atoms in total. The van der Waals surface area contributed by atoms with E-state index in [1.807, 2.05) is 43.3 Å². The largest absolute Gasteiger partial charge is 0.481 e. The highest BCUT2D eigenvalue weighted by Gasteiger charge is 2.34. The summed E-state index contributed by atoms with van der Waals surface area (Å²) >= 11 is 0. The van der Waals surface area contributed by atoms with Gasteiger partial charge in [0, 0.05) is 18.5 Å². The fourth-order valence-electron chi connectivity index (χ4n) is 5.07. The molecule has 1 fully saturated rings. The molecule has 2 N–H and O–H groups in total. The normalized spacial score (nSPS) is 18.2. The first-order valence-electron chi connectivity index (χ1n) is 11.6. The number of carbonyl (C=O) groups is 3. The van der Waals surface area contributed by atoms with Gasteiger partial charge in [0.25, 0.3) is 0 Å². The quantitative estimate of drug-likeness (QED) is 0.660. The van der Waals surface area contributed by atoms with Gasteiger partial charge in [0.1, 0.15) is 12.6 Å². The minimum absolute atomic E-state index is 0.0758. The third-order valence-electron chi connectivity index (χ3n) is 6.69. The lowest BCUT2D eigenvalue weighted by molar-refractivity contribution is -0.144. The molecule has 2 aliphatic rings. The molecule has 2 amide bonds. The number of aliphatic carboxylic acids is 1. The summed E-state index contributed by atoms with van der Waals surface area (Å²) in [7, 11) is 0. The van der Waals surface area contributed by atoms with E-state index < -0.39 is 24.5 Å². The van der Waals surface area contributed by atoms with Crippen molar-refractivity contribution >= 4 is 18.0 Å². The van der Waals surface area contributed by atoms with E-state index in [-0.39, 0.29) is 24.5 Å². The zero-order valence-electron chi connectivity index (χ0n) is 18.8. The predicted molar refractivity (Wildman–Crippen MR) is 124 cm³/mol. The van der Waals surface area contributed by atoms with Gasteiger partial charge in [-0.15, -0.1) is 0 Å². The molecule has 7 heteroatoms. The van der Waals surface area contributed by atoms with Gasteiger partial charge >= 0.3 is 12.1 Å². The van der Waals surface area contributed by atoms with Crippen molar-refractivity contribution in [3.8, 4) is 11.1 Å². The van der Waals surface area contributed by atoms with Crippen molar-refractivity contribution in [3.05, 3.63) is 59.7 Å². The van der Waals surface area contributed by atoms with Crippen molar-refractivity contribution in [3.63, 3.8) is 0 Å². The monoisotopic (exact) mass is 450 g/mol. The smallest absolute Gasteiger partial charge is 0.407 e. The Hall–Kier alpha value is -3.35. The number of fused-ring (bicyclic) bond motifs is 3. The number of ether oxygens (including phenoxy) is 1. The van der Waals surface area contributed by atoms with Crippen molar-refractivity contribution < 1.29 is 24.2 Å². The van der Waals surface area contributed by atoms with Crippen LogP contribution >= 0.6 is 0 Å². The molecule has 0 saturated carbocycles. The van der Waals surface area contributed by atoms with Crippen LogP contribution in [0.1, 0.15) is 56.1 Å². The lowest BCUT2D eigenvalue weighted by atomic mass is 9.98. The van der Waals surface area contributed by atoms with E-state index >= 15 is 0 Å². The second kappa shape index (κ2) is 10.1. The highest BCUT2D eigenvalue weighted by Crippen LogP contribution is 2.44. The van der Waals surface area contributed by atoms with Gasteiger partial charge in [-0.3, -0.25) is 9.59 Å². The molecule has 2 unspecified atom stereocenters. The van der Waals surface area contributed by atoms with E-state index in [9.17, 15) is 19.5 Å². The molecule has 0 aromatic heterocycles. The number of hydrogen-bond donors (Lipinski definition) is 2. The van der Waals surface area contributed by atoms with E-state index in [2.05, 4.69) is 17.4 Å². The Labute approximate surface area is 193 Å². The third-order valence-corrected chi connectivity index (χ3v) is 6.69. The lowest BCUT2D eigenvalue weighted by Gasteiger charge is -2.37. The standard InChI is InChI=1S/C26H30N2O5/c1-2-17-9-7-8-14-28(17)25(31)23(15-24(29)30)27-26(32)33-16-22-20-12-5-3-10-18(20)19-11-4-6-13-21(19)22/h3-6,10-13,17,22-23H,2,7-9,14-16H2,1H3,(H,27,32)(H,29,30). The molecule has 1 aliphatic carbocycles. The van der Waals surface area contributed by atoms with Crippen LogP contribution in [0.3, 0.4) is 0 Å². The molecule has 4 rings (SSSR count). The molecule has 0 radical (unpaired) electrons. The van der Waals surface area contributed by atoms with Crippen LogP contribution in [0.25, 0.3) is 11.1 Å². The van der Waals surface area contributed by atoms with Crippen molar-refractivity contribution in [2.24, 2.45) is 0 Å². The fourth-order valence-corrected chi connectivity index (χ4v) is 5.07. The molecule has 1 saturated heterocycles. The average Bonchev–Trinajstić information content (AvgIpc) is 3.15. The van der Waals surface area contributed by atoms with Gasteiger partial charge in [0.05, 0.1) is 6.42 Å². The summed E-state index contributed by atoms with van der Waals surface area (Å²) in [6, 6.07) is 15.0. The summed E-state index contributed by atoms with van der Waals surface area (Å²) in [6.45, 7) is 2.70. The van der Waals surface area contributed by atoms with Gasteiger partial charge in [0.15, 0.2) is 0 Å². The van der Waals surface area contributed by atoms with Crippen LogP contribution in [0.15, 0.2) is 48.5 Å². The highest BCUT2D eigenvalue weighted by atomic mass is 16.5. The highest BCUT2D eigenvalue weighted by molar-refractivity contribution is 5.89. The Balaban J connectivity index is 1.44. The zero-order chi connectivity index (χ0) is 23.4. The number of amides is 2. The van der Waals surface area contributed by atoms with Crippen LogP contribution < -0.4 is 5.32 Å². The molecule has 33 heavy (non-hydrogen) atoms. The molecule has 2 aromatic carbocycles. The second-order valence-electron chi connectivity index (χ2n) is 8.71. The first-order valence-corrected chi connectivity index (χ1v) is 11.6. The number of carbonyl (C=O) groups excluding carboxylic acids is 2. The lowest BCUT2D eigenvalue weighted by Crippen LogP contribution is -2.54. The molecular formula is C26H30N2O5. The number of nitrogens with one attached hydrogen (secondary N) is 1. The van der Waals surface area contributed by atoms with Gasteiger partial charge in [-0.25, -0.2) is 4.79 Å². The minimum Gasteiger partial charge on any atom is -0.481 e. The predicted octanol–water partition coefficient (Wildman–Crippen LogP) is 4.16. The second-order valence-corrected chi connectivity index (χ2v) is 8.71. The van der Waals surface area contributed by atoms with Gasteiger partial charge in [-0.2, -0.15) is 0 Å². The van der Waals surface area contributed by atoms with Crippen LogP contribution in [-0.4, -0.2) is 53.2 Å². The molecule has 174 valence electrons. The Kier molecular flexibility index (Phi) is 6.96. The number of piperidine rings is 1. The number of alkyl carbamates (subject to hydrolysis) is 1. The Morgan fingerprint density at radius 3 is 2.30 bits per heavy atom. The van der Waals surface area contributed by atoms with E-state index in [0.717, 1.165) is 47.9 Å². The first-order chi connectivity index (χ1) is 16.0. The van der Waals surface area contributed by atoms with Crippen LogP contribution in [0.5, 0.6) is 0 Å². The van der Waals surface area contributed by atoms with Crippen LogP contribution in [-0.2, 0) is 14.3 Å². The van der Waals surface area contributed by atoms with Gasteiger partial charge < -0.3 is 20.1 Å². The van der Waals surface area contributed by atoms with Gasteiger partial charge in [0.2, 0.25) is 5.91 Å². The number of nitrogens with zero attached hydrogens (tertiary/aromatic N) is 1. The fraction of sp³-hybridized carbons (Fsp3) is 0.423. The van der Waals surface area contributed by atoms with E-state index in [1.165, 1.54) is 0 Å². The van der Waals surface area contributed by atoms with E-state index in [4.69, 9.17) is 4.74 Å². The van der Waals surface area contributed by atoms with Crippen molar-refractivity contribution in [2.75, 3.05) is 13.2 Å². The average molecular weight is 451 g/mol. The molecule has 0 bridgehead atoms. The van der Waals surface area contributed by atoms with Crippen LogP contribution in [0.4, 0.5) is 4.79 Å². The van der Waals surface area contributed by atoms with E-state index in [1.54, 1.807) is 4.90 Å². The molecular weight excluding hydrogens is 420 g/mol. The number of carboxylic acid groups (broad SMARTS) is 1. The Bertz CT molecular complexity index is 991. The zero-order valence-corrected chi connectivity index (χ0v) is 18.8. The summed E-state index contributed by atoms with van der Waals surface area (Å²) < 4.78 is 5.53. The maximum absolute atomic E-state index is 13.1. The molecule has 1 heterocycles. The van der Waals surface area contributed by atoms with Crippen LogP contribution in [0.2, 0.25) is 0 Å². The Morgan fingerprint density at radius 1 is 1.06 bits per heavy atom. The summed E-state index contributed by atoms with van der Waals surface area (Å²) in [4.78, 5) is 38.9. The molecule has 2 atom stereocenters. The molecule has 2 aromatic rings. The first kappa shape index (κ1) is 22.8.